The molecule has 0 bridgehead atoms. The second kappa shape index (κ2) is 5.34. The third-order valence-electron chi connectivity index (χ3n) is 3.66. The van der Waals surface area contributed by atoms with Gasteiger partial charge in [-0.15, -0.1) is 0 Å². The van der Waals surface area contributed by atoms with Crippen LogP contribution in [0.4, 0.5) is 0 Å². The Hall–Kier alpha value is -1.97. The molecule has 0 spiro atoms. The van der Waals surface area contributed by atoms with Crippen molar-refractivity contribution >= 4 is 49.2 Å². The van der Waals surface area contributed by atoms with Crippen molar-refractivity contribution in [2.45, 2.75) is 0 Å². The Bertz CT molecular complexity index is 1010. The minimum absolute atomic E-state index is 0.263. The van der Waals surface area contributed by atoms with Crippen molar-refractivity contribution in [2.75, 3.05) is 0 Å². The third kappa shape index (κ3) is 2.27. The van der Waals surface area contributed by atoms with E-state index in [-0.39, 0.29) is 5.28 Å². The van der Waals surface area contributed by atoms with Crippen LogP contribution in [0, 0.1) is 0 Å². The lowest BCUT2D eigenvalue weighted by Gasteiger charge is -2.09. The van der Waals surface area contributed by atoms with E-state index in [2.05, 4.69) is 50.2 Å². The number of fused-ring (bicyclic) bond motifs is 3. The molecular formula is C18H10BrClN2. The van der Waals surface area contributed by atoms with E-state index >= 15 is 0 Å². The summed E-state index contributed by atoms with van der Waals surface area (Å²) in [6.07, 6.45) is 0. The van der Waals surface area contributed by atoms with Crippen LogP contribution >= 0.6 is 27.5 Å². The van der Waals surface area contributed by atoms with Crippen LogP contribution in [-0.2, 0) is 0 Å². The molecule has 1 heterocycles. The average Bonchev–Trinajstić information content (AvgIpc) is 2.54. The smallest absolute Gasteiger partial charge is 0.217 e. The van der Waals surface area contributed by atoms with Crippen LogP contribution in [0.15, 0.2) is 65.1 Å². The summed E-state index contributed by atoms with van der Waals surface area (Å²) in [5.74, 6) is 0. The SMILES string of the molecule is Clc1nc(-c2cccc(Br)c2)c2ccc3ccccc3c2n1. The number of benzene rings is 3. The summed E-state index contributed by atoms with van der Waals surface area (Å²) in [4.78, 5) is 8.91. The van der Waals surface area contributed by atoms with E-state index in [0.717, 1.165) is 37.4 Å². The van der Waals surface area contributed by atoms with E-state index in [1.54, 1.807) is 0 Å². The molecular weight excluding hydrogens is 360 g/mol. The Morgan fingerprint density at radius 2 is 1.68 bits per heavy atom. The Labute approximate surface area is 140 Å². The first-order valence-corrected chi connectivity index (χ1v) is 8.00. The van der Waals surface area contributed by atoms with Crippen molar-refractivity contribution in [3.63, 3.8) is 0 Å². The predicted molar refractivity (Wildman–Crippen MR) is 95.2 cm³/mol. The van der Waals surface area contributed by atoms with Crippen LogP contribution in [0.2, 0.25) is 5.28 Å². The second-order valence-corrected chi connectivity index (χ2v) is 6.29. The van der Waals surface area contributed by atoms with Gasteiger partial charge in [0.15, 0.2) is 0 Å². The molecule has 0 aliphatic carbocycles. The zero-order valence-electron chi connectivity index (χ0n) is 11.4. The van der Waals surface area contributed by atoms with Crippen molar-refractivity contribution in [2.24, 2.45) is 0 Å². The minimum atomic E-state index is 0.263. The van der Waals surface area contributed by atoms with Gasteiger partial charge in [0.1, 0.15) is 0 Å². The molecule has 0 atom stereocenters. The maximum Gasteiger partial charge on any atom is 0.223 e. The summed E-state index contributed by atoms with van der Waals surface area (Å²) < 4.78 is 1.01. The first-order chi connectivity index (χ1) is 10.7. The second-order valence-electron chi connectivity index (χ2n) is 5.03. The molecule has 1 aromatic heterocycles. The van der Waals surface area contributed by atoms with Gasteiger partial charge in [-0.2, -0.15) is 0 Å². The van der Waals surface area contributed by atoms with Gasteiger partial charge in [-0.1, -0.05) is 58.4 Å². The third-order valence-corrected chi connectivity index (χ3v) is 4.32. The number of hydrogen-bond acceptors (Lipinski definition) is 2. The van der Waals surface area contributed by atoms with Crippen molar-refractivity contribution in [1.82, 2.24) is 9.97 Å². The van der Waals surface area contributed by atoms with Gasteiger partial charge in [-0.05, 0) is 35.2 Å². The maximum atomic E-state index is 6.18. The molecule has 0 amide bonds. The van der Waals surface area contributed by atoms with Gasteiger partial charge in [0.25, 0.3) is 0 Å². The fourth-order valence-electron chi connectivity index (χ4n) is 2.69. The van der Waals surface area contributed by atoms with Crippen molar-refractivity contribution < 1.29 is 0 Å². The predicted octanol–water partition coefficient (Wildman–Crippen LogP) is 5.87. The molecule has 106 valence electrons. The van der Waals surface area contributed by atoms with E-state index in [4.69, 9.17) is 11.6 Å². The van der Waals surface area contributed by atoms with Crippen LogP contribution in [0.5, 0.6) is 0 Å². The van der Waals surface area contributed by atoms with Crippen molar-refractivity contribution in [3.05, 3.63) is 70.4 Å². The molecule has 0 radical (unpaired) electrons. The molecule has 0 aliphatic rings. The zero-order valence-corrected chi connectivity index (χ0v) is 13.8. The summed E-state index contributed by atoms with van der Waals surface area (Å²) >= 11 is 9.69. The molecule has 0 fully saturated rings. The maximum absolute atomic E-state index is 6.18. The van der Waals surface area contributed by atoms with E-state index in [0.29, 0.717) is 0 Å². The molecule has 0 saturated carbocycles. The molecule has 0 saturated heterocycles. The molecule has 3 aromatic carbocycles. The molecule has 0 aliphatic heterocycles. The van der Waals surface area contributed by atoms with Gasteiger partial charge in [-0.25, -0.2) is 9.97 Å². The molecule has 2 nitrogen and oxygen atoms in total. The van der Waals surface area contributed by atoms with Gasteiger partial charge in [0, 0.05) is 20.8 Å². The van der Waals surface area contributed by atoms with Crippen LogP contribution in [-0.4, -0.2) is 9.97 Å². The number of halogens is 2. The van der Waals surface area contributed by atoms with Crippen LogP contribution < -0.4 is 0 Å². The minimum Gasteiger partial charge on any atom is -0.217 e. The lowest BCUT2D eigenvalue weighted by molar-refractivity contribution is 1.23. The van der Waals surface area contributed by atoms with Gasteiger partial charge in [-0.3, -0.25) is 0 Å². The van der Waals surface area contributed by atoms with E-state index in [9.17, 15) is 0 Å². The topological polar surface area (TPSA) is 25.8 Å². The highest BCUT2D eigenvalue weighted by Crippen LogP contribution is 2.32. The summed E-state index contributed by atoms with van der Waals surface area (Å²) in [5, 5.41) is 3.49. The summed E-state index contributed by atoms with van der Waals surface area (Å²) in [6.45, 7) is 0. The summed E-state index contributed by atoms with van der Waals surface area (Å²) in [7, 11) is 0. The molecule has 0 N–H and O–H groups in total. The fraction of sp³-hybridized carbons (Fsp3) is 0. The molecule has 4 heteroatoms. The number of aromatic nitrogens is 2. The summed E-state index contributed by atoms with van der Waals surface area (Å²) in [5.41, 5.74) is 2.74. The quantitative estimate of drug-likeness (QED) is 0.310. The Morgan fingerprint density at radius 1 is 0.818 bits per heavy atom. The standard InChI is InChI=1S/C18H10BrClN2/c19-13-6-3-5-12(10-13)16-15-9-8-11-4-1-2-7-14(11)17(15)22-18(20)21-16/h1-10H. The molecule has 4 aromatic rings. The van der Waals surface area contributed by atoms with Crippen molar-refractivity contribution in [1.29, 1.82) is 0 Å². The Morgan fingerprint density at radius 3 is 2.55 bits per heavy atom. The first kappa shape index (κ1) is 13.7. The van der Waals surface area contributed by atoms with E-state index < -0.39 is 0 Å². The van der Waals surface area contributed by atoms with Crippen LogP contribution in [0.3, 0.4) is 0 Å². The largest absolute Gasteiger partial charge is 0.223 e. The average molecular weight is 370 g/mol. The lowest BCUT2D eigenvalue weighted by Crippen LogP contribution is -1.92. The van der Waals surface area contributed by atoms with Crippen LogP contribution in [0.1, 0.15) is 0 Å². The highest BCUT2D eigenvalue weighted by Gasteiger charge is 2.11. The van der Waals surface area contributed by atoms with E-state index in [1.165, 1.54) is 0 Å². The lowest BCUT2D eigenvalue weighted by atomic mass is 10.0. The summed E-state index contributed by atoms with van der Waals surface area (Å²) in [6, 6.07) is 20.4. The Kier molecular flexibility index (Phi) is 3.32. The fourth-order valence-corrected chi connectivity index (χ4v) is 3.26. The van der Waals surface area contributed by atoms with E-state index in [1.807, 2.05) is 36.4 Å². The number of nitrogens with zero attached hydrogens (tertiary/aromatic N) is 2. The Balaban J connectivity index is 2.13. The number of hydrogen-bond donors (Lipinski definition) is 0. The van der Waals surface area contributed by atoms with Gasteiger partial charge >= 0.3 is 0 Å². The van der Waals surface area contributed by atoms with Crippen molar-refractivity contribution in [3.8, 4) is 11.3 Å². The highest BCUT2D eigenvalue weighted by atomic mass is 79.9. The monoisotopic (exact) mass is 368 g/mol. The highest BCUT2D eigenvalue weighted by molar-refractivity contribution is 9.10. The van der Waals surface area contributed by atoms with Gasteiger partial charge in [0.2, 0.25) is 5.28 Å². The van der Waals surface area contributed by atoms with Gasteiger partial charge < -0.3 is 0 Å². The molecule has 22 heavy (non-hydrogen) atoms. The number of rotatable bonds is 1. The zero-order chi connectivity index (χ0) is 15.1. The molecule has 4 rings (SSSR count). The van der Waals surface area contributed by atoms with Crippen LogP contribution in [0.25, 0.3) is 32.9 Å². The van der Waals surface area contributed by atoms with Gasteiger partial charge in [0.05, 0.1) is 11.2 Å². The molecule has 0 unspecified atom stereocenters. The first-order valence-electron chi connectivity index (χ1n) is 6.83. The normalized spacial score (nSPS) is 11.2.